The minimum atomic E-state index is -0.653. The topological polar surface area (TPSA) is 46.2 Å². The molecule has 13 heavy (non-hydrogen) atoms. The van der Waals surface area contributed by atoms with Gasteiger partial charge < -0.3 is 10.8 Å². The molecule has 1 atom stereocenters. The highest BCUT2D eigenvalue weighted by molar-refractivity contribution is 5.24. The van der Waals surface area contributed by atoms with Crippen LogP contribution in [0, 0.1) is 12.7 Å². The van der Waals surface area contributed by atoms with Crippen molar-refractivity contribution >= 4 is 0 Å². The van der Waals surface area contributed by atoms with Crippen molar-refractivity contribution in [2.75, 3.05) is 6.54 Å². The Labute approximate surface area is 77.2 Å². The number of rotatable bonds is 3. The molecule has 0 unspecified atom stereocenters. The van der Waals surface area contributed by atoms with Crippen LogP contribution in [-0.2, 0) is 0 Å². The van der Waals surface area contributed by atoms with Crippen molar-refractivity contribution in [3.05, 3.63) is 35.1 Å². The minimum Gasteiger partial charge on any atom is -0.388 e. The molecule has 1 aromatic rings. The first-order chi connectivity index (χ1) is 6.15. The third-order valence-corrected chi connectivity index (χ3v) is 2.02. The van der Waals surface area contributed by atoms with E-state index in [4.69, 9.17) is 5.73 Å². The Balaban J connectivity index is 2.84. The van der Waals surface area contributed by atoms with E-state index < -0.39 is 6.10 Å². The molecule has 0 spiro atoms. The van der Waals surface area contributed by atoms with Gasteiger partial charge >= 0.3 is 0 Å². The molecule has 0 aliphatic carbocycles. The lowest BCUT2D eigenvalue weighted by Crippen LogP contribution is -2.07. The van der Waals surface area contributed by atoms with Gasteiger partial charge in [0.2, 0.25) is 0 Å². The lowest BCUT2D eigenvalue weighted by atomic mass is 10.0. The van der Waals surface area contributed by atoms with Gasteiger partial charge in [0.15, 0.2) is 0 Å². The van der Waals surface area contributed by atoms with Gasteiger partial charge in [0, 0.05) is 0 Å². The van der Waals surface area contributed by atoms with Crippen LogP contribution < -0.4 is 5.73 Å². The van der Waals surface area contributed by atoms with Gasteiger partial charge in [-0.1, -0.05) is 12.1 Å². The Kier molecular flexibility index (Phi) is 3.39. The normalized spacial score (nSPS) is 12.9. The van der Waals surface area contributed by atoms with Crippen LogP contribution in [-0.4, -0.2) is 11.7 Å². The van der Waals surface area contributed by atoms with Gasteiger partial charge in [-0.05, 0) is 37.1 Å². The van der Waals surface area contributed by atoms with E-state index in [1.54, 1.807) is 19.1 Å². The molecule has 0 aliphatic heterocycles. The smallest absolute Gasteiger partial charge is 0.126 e. The molecule has 0 heterocycles. The van der Waals surface area contributed by atoms with Crippen molar-refractivity contribution in [1.82, 2.24) is 0 Å². The van der Waals surface area contributed by atoms with Crippen LogP contribution in [0.1, 0.15) is 23.7 Å². The van der Waals surface area contributed by atoms with Gasteiger partial charge in [-0.3, -0.25) is 0 Å². The van der Waals surface area contributed by atoms with Crippen molar-refractivity contribution < 1.29 is 9.50 Å². The zero-order chi connectivity index (χ0) is 9.84. The van der Waals surface area contributed by atoms with Crippen molar-refractivity contribution in [2.24, 2.45) is 5.73 Å². The Morgan fingerprint density at radius 3 is 2.77 bits per heavy atom. The number of nitrogens with two attached hydrogens (primary N) is 1. The maximum Gasteiger partial charge on any atom is 0.126 e. The molecule has 0 aromatic heterocycles. The molecule has 0 aliphatic rings. The highest BCUT2D eigenvalue weighted by Gasteiger charge is 2.07. The monoisotopic (exact) mass is 183 g/mol. The zero-order valence-electron chi connectivity index (χ0n) is 7.63. The van der Waals surface area contributed by atoms with Gasteiger partial charge in [-0.2, -0.15) is 0 Å². The standard InChI is InChI=1S/C10H14FNO/c1-7-2-3-8(6-9(7)11)10(13)4-5-12/h2-3,6,10,13H,4-5,12H2,1H3/t10-/m0/s1. The second-order valence-electron chi connectivity index (χ2n) is 3.10. The fraction of sp³-hybridized carbons (Fsp3) is 0.400. The van der Waals surface area contributed by atoms with E-state index in [-0.39, 0.29) is 5.82 Å². The Hall–Kier alpha value is -0.930. The van der Waals surface area contributed by atoms with E-state index in [0.29, 0.717) is 24.1 Å². The largest absolute Gasteiger partial charge is 0.388 e. The highest BCUT2D eigenvalue weighted by Crippen LogP contribution is 2.18. The molecule has 0 saturated heterocycles. The van der Waals surface area contributed by atoms with Crippen molar-refractivity contribution in [1.29, 1.82) is 0 Å². The molecule has 2 nitrogen and oxygen atoms in total. The van der Waals surface area contributed by atoms with E-state index >= 15 is 0 Å². The summed E-state index contributed by atoms with van der Waals surface area (Å²) in [7, 11) is 0. The molecule has 0 radical (unpaired) electrons. The molecule has 3 N–H and O–H groups in total. The third-order valence-electron chi connectivity index (χ3n) is 2.02. The molecule has 0 bridgehead atoms. The molecule has 3 heteroatoms. The van der Waals surface area contributed by atoms with E-state index in [2.05, 4.69) is 0 Å². The summed E-state index contributed by atoms with van der Waals surface area (Å²) in [5, 5.41) is 9.49. The van der Waals surface area contributed by atoms with Gasteiger partial charge in [0.1, 0.15) is 5.82 Å². The SMILES string of the molecule is Cc1ccc([C@@H](O)CCN)cc1F. The number of aryl methyl sites for hydroxylation is 1. The summed E-state index contributed by atoms with van der Waals surface area (Å²) in [6.45, 7) is 2.09. The fourth-order valence-corrected chi connectivity index (χ4v) is 1.14. The van der Waals surface area contributed by atoms with E-state index in [0.717, 1.165) is 0 Å². The van der Waals surface area contributed by atoms with Gasteiger partial charge in [0.25, 0.3) is 0 Å². The first-order valence-corrected chi connectivity index (χ1v) is 4.29. The summed E-state index contributed by atoms with van der Waals surface area (Å²) in [4.78, 5) is 0. The molecule has 1 rings (SSSR count). The van der Waals surface area contributed by atoms with Crippen LogP contribution in [0.4, 0.5) is 4.39 Å². The zero-order valence-corrected chi connectivity index (χ0v) is 7.63. The van der Waals surface area contributed by atoms with Crippen molar-refractivity contribution in [2.45, 2.75) is 19.4 Å². The molecule has 0 saturated carbocycles. The third kappa shape index (κ3) is 2.50. The molecular formula is C10H14FNO. The summed E-state index contributed by atoms with van der Waals surface area (Å²) >= 11 is 0. The summed E-state index contributed by atoms with van der Waals surface area (Å²) in [5.41, 5.74) is 6.46. The molecular weight excluding hydrogens is 169 g/mol. The Bertz CT molecular complexity index is 288. The van der Waals surface area contributed by atoms with Crippen LogP contribution in [0.3, 0.4) is 0 Å². The summed E-state index contributed by atoms with van der Waals surface area (Å²) in [6.07, 6.45) is -0.192. The first-order valence-electron chi connectivity index (χ1n) is 4.29. The first kappa shape index (κ1) is 10.2. The predicted molar refractivity (Wildman–Crippen MR) is 49.8 cm³/mol. The van der Waals surface area contributed by atoms with Crippen molar-refractivity contribution in [3.63, 3.8) is 0 Å². The maximum absolute atomic E-state index is 13.0. The number of halogens is 1. The van der Waals surface area contributed by atoms with Crippen LogP contribution >= 0.6 is 0 Å². The van der Waals surface area contributed by atoms with Crippen LogP contribution in [0.15, 0.2) is 18.2 Å². The van der Waals surface area contributed by atoms with Crippen LogP contribution in [0.25, 0.3) is 0 Å². The number of aliphatic hydroxyl groups is 1. The summed E-state index contributed by atoms with van der Waals surface area (Å²) in [5.74, 6) is -0.284. The van der Waals surface area contributed by atoms with E-state index in [1.807, 2.05) is 0 Å². The van der Waals surface area contributed by atoms with Gasteiger partial charge in [-0.25, -0.2) is 4.39 Å². The summed E-state index contributed by atoms with van der Waals surface area (Å²) < 4.78 is 13.0. The van der Waals surface area contributed by atoms with Crippen LogP contribution in [0.5, 0.6) is 0 Å². The molecule has 0 amide bonds. The lowest BCUT2D eigenvalue weighted by Gasteiger charge is -2.09. The maximum atomic E-state index is 13.0. The number of aliphatic hydroxyl groups excluding tert-OH is 1. The molecule has 72 valence electrons. The fourth-order valence-electron chi connectivity index (χ4n) is 1.14. The summed E-state index contributed by atoms with van der Waals surface area (Å²) in [6, 6.07) is 4.73. The average Bonchev–Trinajstić information content (AvgIpc) is 2.10. The van der Waals surface area contributed by atoms with E-state index in [1.165, 1.54) is 6.07 Å². The number of hydrogen-bond donors (Lipinski definition) is 2. The van der Waals surface area contributed by atoms with Crippen molar-refractivity contribution in [3.8, 4) is 0 Å². The molecule has 0 fully saturated rings. The average molecular weight is 183 g/mol. The lowest BCUT2D eigenvalue weighted by molar-refractivity contribution is 0.170. The number of hydrogen-bond acceptors (Lipinski definition) is 2. The molecule has 1 aromatic carbocycles. The predicted octanol–water partition coefficient (Wildman–Crippen LogP) is 1.52. The van der Waals surface area contributed by atoms with Gasteiger partial charge in [0.05, 0.1) is 6.10 Å². The number of benzene rings is 1. The minimum absolute atomic E-state index is 0.284. The Morgan fingerprint density at radius 1 is 1.54 bits per heavy atom. The second kappa shape index (κ2) is 4.35. The highest BCUT2D eigenvalue weighted by atomic mass is 19.1. The second-order valence-corrected chi connectivity index (χ2v) is 3.10. The Morgan fingerprint density at radius 2 is 2.23 bits per heavy atom. The van der Waals surface area contributed by atoms with Gasteiger partial charge in [-0.15, -0.1) is 0 Å². The van der Waals surface area contributed by atoms with E-state index in [9.17, 15) is 9.50 Å². The van der Waals surface area contributed by atoms with Crippen LogP contribution in [0.2, 0.25) is 0 Å². The quantitative estimate of drug-likeness (QED) is 0.746.